The van der Waals surface area contributed by atoms with Crippen molar-refractivity contribution in [3.63, 3.8) is 0 Å². The van der Waals surface area contributed by atoms with Gasteiger partial charge in [-0.15, -0.1) is 0 Å². The van der Waals surface area contributed by atoms with Gasteiger partial charge in [0.15, 0.2) is 0 Å². The van der Waals surface area contributed by atoms with E-state index in [0.717, 1.165) is 12.8 Å². The van der Waals surface area contributed by atoms with Gasteiger partial charge in [0.2, 0.25) is 10.0 Å². The molecule has 1 unspecified atom stereocenters. The summed E-state index contributed by atoms with van der Waals surface area (Å²) in [5.41, 5.74) is 0. The van der Waals surface area contributed by atoms with Gasteiger partial charge < -0.3 is 5.11 Å². The molecule has 100 valence electrons. The lowest BCUT2D eigenvalue weighted by Crippen LogP contribution is -2.46. The highest BCUT2D eigenvalue weighted by molar-refractivity contribution is 7.89. The first-order valence-electron chi connectivity index (χ1n) is 6.04. The van der Waals surface area contributed by atoms with Crippen molar-refractivity contribution in [2.75, 3.05) is 12.3 Å². The molecule has 0 aliphatic carbocycles. The normalized spacial score (nSPS) is 22.9. The van der Waals surface area contributed by atoms with E-state index in [2.05, 4.69) is 0 Å². The van der Waals surface area contributed by atoms with Crippen LogP contribution < -0.4 is 0 Å². The molecule has 17 heavy (non-hydrogen) atoms. The van der Waals surface area contributed by atoms with E-state index in [1.807, 2.05) is 13.8 Å². The molecule has 6 heteroatoms. The van der Waals surface area contributed by atoms with Crippen LogP contribution in [0.5, 0.6) is 0 Å². The van der Waals surface area contributed by atoms with Crippen molar-refractivity contribution < 1.29 is 18.3 Å². The highest BCUT2D eigenvalue weighted by atomic mass is 32.2. The lowest BCUT2D eigenvalue weighted by molar-refractivity contribution is -0.138. The van der Waals surface area contributed by atoms with Gasteiger partial charge >= 0.3 is 5.97 Å². The van der Waals surface area contributed by atoms with Crippen LogP contribution in [0.3, 0.4) is 0 Å². The van der Waals surface area contributed by atoms with Gasteiger partial charge in [-0.05, 0) is 18.8 Å². The van der Waals surface area contributed by atoms with E-state index in [-0.39, 0.29) is 24.1 Å². The summed E-state index contributed by atoms with van der Waals surface area (Å²) in [6, 6.07) is -0.356. The van der Waals surface area contributed by atoms with Crippen molar-refractivity contribution >= 4 is 16.0 Å². The molecule has 0 amide bonds. The molecular weight excluding hydrogens is 242 g/mol. The quantitative estimate of drug-likeness (QED) is 0.811. The fraction of sp³-hybridized carbons (Fsp3) is 0.909. The van der Waals surface area contributed by atoms with Gasteiger partial charge in [0.1, 0.15) is 0 Å². The summed E-state index contributed by atoms with van der Waals surface area (Å²) in [6.45, 7) is 4.17. The number of hydrogen-bond donors (Lipinski definition) is 1. The van der Waals surface area contributed by atoms with E-state index in [1.54, 1.807) is 0 Å². The maximum Gasteiger partial charge on any atom is 0.304 e. The molecule has 0 aromatic carbocycles. The molecule has 0 bridgehead atoms. The minimum atomic E-state index is -3.31. The first kappa shape index (κ1) is 14.4. The van der Waals surface area contributed by atoms with Crippen LogP contribution in [0.25, 0.3) is 0 Å². The van der Waals surface area contributed by atoms with Gasteiger partial charge in [-0.2, -0.15) is 4.31 Å². The SMILES string of the molecule is CC(C)CS(=O)(=O)N1CCCCC1CC(=O)O. The van der Waals surface area contributed by atoms with E-state index in [1.165, 1.54) is 4.31 Å². The van der Waals surface area contributed by atoms with Crippen molar-refractivity contribution in [1.82, 2.24) is 4.31 Å². The van der Waals surface area contributed by atoms with Crippen LogP contribution >= 0.6 is 0 Å². The number of carboxylic acid groups (broad SMARTS) is 1. The monoisotopic (exact) mass is 263 g/mol. The van der Waals surface area contributed by atoms with Crippen LogP contribution in [-0.2, 0) is 14.8 Å². The van der Waals surface area contributed by atoms with Gasteiger partial charge in [-0.3, -0.25) is 4.79 Å². The lowest BCUT2D eigenvalue weighted by Gasteiger charge is -2.34. The van der Waals surface area contributed by atoms with Gasteiger partial charge in [-0.25, -0.2) is 8.42 Å². The molecule has 1 aliphatic heterocycles. The summed E-state index contributed by atoms with van der Waals surface area (Å²) in [6.07, 6.45) is 2.31. The Bertz CT molecular complexity index is 364. The van der Waals surface area contributed by atoms with Crippen LogP contribution in [0, 0.1) is 5.92 Å². The van der Waals surface area contributed by atoms with Gasteiger partial charge in [-0.1, -0.05) is 20.3 Å². The smallest absolute Gasteiger partial charge is 0.304 e. The fourth-order valence-electron chi connectivity index (χ4n) is 2.26. The first-order chi connectivity index (χ1) is 7.83. The maximum absolute atomic E-state index is 12.1. The number of sulfonamides is 1. The molecular formula is C11H21NO4S. The molecule has 1 rings (SSSR count). The van der Waals surface area contributed by atoms with Crippen molar-refractivity contribution in [3.05, 3.63) is 0 Å². The highest BCUT2D eigenvalue weighted by Gasteiger charge is 2.33. The van der Waals surface area contributed by atoms with Crippen LogP contribution in [0.2, 0.25) is 0 Å². The lowest BCUT2D eigenvalue weighted by atomic mass is 10.0. The van der Waals surface area contributed by atoms with Crippen LogP contribution in [-0.4, -0.2) is 42.1 Å². The number of rotatable bonds is 5. The number of carbonyl (C=O) groups is 1. The van der Waals surface area contributed by atoms with E-state index >= 15 is 0 Å². The van der Waals surface area contributed by atoms with Gasteiger partial charge in [0, 0.05) is 12.6 Å². The Hall–Kier alpha value is -0.620. The summed E-state index contributed by atoms with van der Waals surface area (Å²) in [4.78, 5) is 10.7. The molecule has 1 aliphatic rings. The van der Waals surface area contributed by atoms with E-state index in [4.69, 9.17) is 5.11 Å². The number of nitrogens with zero attached hydrogens (tertiary/aromatic N) is 1. The topological polar surface area (TPSA) is 74.7 Å². The van der Waals surface area contributed by atoms with Crippen molar-refractivity contribution in [2.24, 2.45) is 5.92 Å². The van der Waals surface area contributed by atoms with E-state index < -0.39 is 16.0 Å². The first-order valence-corrected chi connectivity index (χ1v) is 7.65. The van der Waals surface area contributed by atoms with Crippen LogP contribution in [0.1, 0.15) is 39.5 Å². The third-order valence-corrected chi connectivity index (χ3v) is 5.17. The minimum absolute atomic E-state index is 0.0624. The highest BCUT2D eigenvalue weighted by Crippen LogP contribution is 2.24. The Morgan fingerprint density at radius 3 is 2.59 bits per heavy atom. The molecule has 5 nitrogen and oxygen atoms in total. The second-order valence-corrected chi connectivity index (χ2v) is 7.00. The molecule has 0 radical (unpaired) electrons. The maximum atomic E-state index is 12.1. The Morgan fingerprint density at radius 1 is 1.41 bits per heavy atom. The Kier molecular flexibility index (Phi) is 4.94. The second kappa shape index (κ2) is 5.82. The predicted octanol–water partition coefficient (Wildman–Crippen LogP) is 1.30. The third-order valence-electron chi connectivity index (χ3n) is 2.88. The molecule has 0 aromatic heterocycles. The van der Waals surface area contributed by atoms with Gasteiger partial charge in [0.05, 0.1) is 12.2 Å². The zero-order valence-electron chi connectivity index (χ0n) is 10.4. The predicted molar refractivity (Wildman–Crippen MR) is 65.2 cm³/mol. The zero-order valence-corrected chi connectivity index (χ0v) is 11.2. The Morgan fingerprint density at radius 2 is 2.06 bits per heavy atom. The average molecular weight is 263 g/mol. The fourth-order valence-corrected chi connectivity index (χ4v) is 4.34. The summed E-state index contributed by atoms with van der Waals surface area (Å²) in [7, 11) is -3.31. The number of piperidine rings is 1. The summed E-state index contributed by atoms with van der Waals surface area (Å²) in [5, 5.41) is 8.81. The zero-order chi connectivity index (χ0) is 13.1. The molecule has 1 atom stereocenters. The van der Waals surface area contributed by atoms with E-state index in [0.29, 0.717) is 13.0 Å². The second-order valence-electron chi connectivity index (χ2n) is 5.03. The molecule has 1 fully saturated rings. The molecule has 0 aromatic rings. The Balaban J connectivity index is 2.80. The summed E-state index contributed by atoms with van der Waals surface area (Å²) < 4.78 is 25.6. The average Bonchev–Trinajstić information content (AvgIpc) is 2.15. The summed E-state index contributed by atoms with van der Waals surface area (Å²) >= 11 is 0. The van der Waals surface area contributed by atoms with Crippen molar-refractivity contribution in [3.8, 4) is 0 Å². The third kappa shape index (κ3) is 4.27. The molecule has 1 saturated heterocycles. The molecule has 1 N–H and O–H groups in total. The van der Waals surface area contributed by atoms with Crippen molar-refractivity contribution in [2.45, 2.75) is 45.6 Å². The standard InChI is InChI=1S/C11H21NO4S/c1-9(2)8-17(15,16)12-6-4-3-5-10(12)7-11(13)14/h9-10H,3-8H2,1-2H3,(H,13,14). The largest absolute Gasteiger partial charge is 0.481 e. The van der Waals surface area contributed by atoms with Crippen LogP contribution in [0.15, 0.2) is 0 Å². The van der Waals surface area contributed by atoms with Gasteiger partial charge in [0.25, 0.3) is 0 Å². The van der Waals surface area contributed by atoms with Crippen LogP contribution in [0.4, 0.5) is 0 Å². The molecule has 0 saturated carbocycles. The summed E-state index contributed by atoms with van der Waals surface area (Å²) in [5.74, 6) is -0.766. The number of aliphatic carboxylic acids is 1. The Labute approximate surface area is 103 Å². The van der Waals surface area contributed by atoms with Crippen molar-refractivity contribution in [1.29, 1.82) is 0 Å². The van der Waals surface area contributed by atoms with E-state index in [9.17, 15) is 13.2 Å². The molecule has 0 spiro atoms. The number of carboxylic acids is 1. The number of hydrogen-bond acceptors (Lipinski definition) is 3. The molecule has 1 heterocycles. The minimum Gasteiger partial charge on any atom is -0.481 e.